The number of nitrogens with zero attached hydrogens (tertiary/aromatic N) is 3. The van der Waals surface area contributed by atoms with E-state index in [1.807, 2.05) is 19.2 Å². The van der Waals surface area contributed by atoms with Crippen molar-refractivity contribution in [1.82, 2.24) is 20.6 Å². The van der Waals surface area contributed by atoms with E-state index in [0.717, 1.165) is 46.1 Å². The maximum Gasteiger partial charge on any atom is 0.191 e. The first-order chi connectivity index (χ1) is 11.8. The molecule has 0 radical (unpaired) electrons. The van der Waals surface area contributed by atoms with Gasteiger partial charge in [0.15, 0.2) is 5.96 Å². The van der Waals surface area contributed by atoms with Gasteiger partial charge in [-0.2, -0.15) is 0 Å². The number of aliphatic imine (C=N–C) groups is 1. The molecule has 0 aliphatic carbocycles. The summed E-state index contributed by atoms with van der Waals surface area (Å²) in [4.78, 5) is 13.2. The molecule has 0 amide bonds. The van der Waals surface area contributed by atoms with Gasteiger partial charge in [-0.15, -0.1) is 35.3 Å². The number of fused-ring (bicyclic) bond motifs is 1. The van der Waals surface area contributed by atoms with Crippen LogP contribution in [0.5, 0.6) is 0 Å². The number of pyridine rings is 1. The fraction of sp³-hybridized carbons (Fsp3) is 0.278. The van der Waals surface area contributed by atoms with E-state index in [-0.39, 0.29) is 24.0 Å². The average molecular weight is 467 g/mol. The number of rotatable bonds is 5. The van der Waals surface area contributed by atoms with Crippen LogP contribution in [0.1, 0.15) is 16.3 Å². The van der Waals surface area contributed by atoms with Crippen molar-refractivity contribution < 1.29 is 0 Å². The monoisotopic (exact) mass is 467 g/mol. The first kappa shape index (κ1) is 19.6. The van der Waals surface area contributed by atoms with Gasteiger partial charge in [0.1, 0.15) is 0 Å². The minimum Gasteiger partial charge on any atom is -0.356 e. The van der Waals surface area contributed by atoms with Crippen molar-refractivity contribution in [2.45, 2.75) is 19.9 Å². The molecule has 0 atom stereocenters. The molecule has 132 valence electrons. The van der Waals surface area contributed by atoms with Crippen molar-refractivity contribution in [3.05, 3.63) is 58.2 Å². The Hall–Kier alpha value is -1.74. The number of para-hydroxylation sites is 1. The minimum atomic E-state index is 0. The predicted molar refractivity (Wildman–Crippen MR) is 116 cm³/mol. The lowest BCUT2D eigenvalue weighted by molar-refractivity contribution is 0.787. The van der Waals surface area contributed by atoms with E-state index in [0.29, 0.717) is 6.54 Å². The molecule has 2 heterocycles. The van der Waals surface area contributed by atoms with Crippen LogP contribution in [0.2, 0.25) is 0 Å². The molecular weight excluding hydrogens is 445 g/mol. The molecule has 3 aromatic rings. The number of halogens is 1. The van der Waals surface area contributed by atoms with Crippen LogP contribution >= 0.6 is 35.3 Å². The van der Waals surface area contributed by atoms with Gasteiger partial charge in [-0.05, 0) is 18.6 Å². The highest BCUT2D eigenvalue weighted by Crippen LogP contribution is 2.15. The molecule has 0 bridgehead atoms. The van der Waals surface area contributed by atoms with Crippen molar-refractivity contribution in [1.29, 1.82) is 0 Å². The van der Waals surface area contributed by atoms with Gasteiger partial charge >= 0.3 is 0 Å². The molecule has 3 rings (SSSR count). The Morgan fingerprint density at radius 2 is 2.04 bits per heavy atom. The molecule has 0 saturated heterocycles. The van der Waals surface area contributed by atoms with E-state index < -0.39 is 0 Å². The van der Waals surface area contributed by atoms with Gasteiger partial charge in [0.05, 0.1) is 16.2 Å². The van der Waals surface area contributed by atoms with Crippen LogP contribution < -0.4 is 10.6 Å². The molecule has 1 aromatic carbocycles. The van der Waals surface area contributed by atoms with Gasteiger partial charge in [0, 0.05) is 43.5 Å². The summed E-state index contributed by atoms with van der Waals surface area (Å²) < 4.78 is 0. The Kier molecular flexibility index (Phi) is 7.57. The third-order valence-corrected chi connectivity index (χ3v) is 4.55. The third-order valence-electron chi connectivity index (χ3n) is 3.73. The SMILES string of the molecule is CN=C(NCCc1csc(C)n1)NCc1cccc2cccnc12.I. The summed E-state index contributed by atoms with van der Waals surface area (Å²) in [6.07, 6.45) is 2.72. The molecule has 0 aliphatic heterocycles. The fourth-order valence-electron chi connectivity index (χ4n) is 2.54. The van der Waals surface area contributed by atoms with Crippen LogP contribution in [0.3, 0.4) is 0 Å². The van der Waals surface area contributed by atoms with Gasteiger partial charge in [-0.25, -0.2) is 4.98 Å². The summed E-state index contributed by atoms with van der Waals surface area (Å²) >= 11 is 1.69. The number of aryl methyl sites for hydroxylation is 1. The van der Waals surface area contributed by atoms with Crippen LogP contribution in [-0.2, 0) is 13.0 Å². The van der Waals surface area contributed by atoms with Crippen LogP contribution in [0.4, 0.5) is 0 Å². The molecule has 0 saturated carbocycles. The van der Waals surface area contributed by atoms with Gasteiger partial charge < -0.3 is 10.6 Å². The largest absolute Gasteiger partial charge is 0.356 e. The lowest BCUT2D eigenvalue weighted by Crippen LogP contribution is -2.37. The van der Waals surface area contributed by atoms with Crippen LogP contribution in [0, 0.1) is 6.92 Å². The molecule has 2 N–H and O–H groups in total. The zero-order chi connectivity index (χ0) is 16.8. The lowest BCUT2D eigenvalue weighted by atomic mass is 10.1. The van der Waals surface area contributed by atoms with Gasteiger partial charge in [-0.1, -0.05) is 24.3 Å². The maximum atomic E-state index is 4.48. The second-order valence-corrected chi connectivity index (χ2v) is 6.51. The van der Waals surface area contributed by atoms with Gasteiger partial charge in [-0.3, -0.25) is 9.98 Å². The highest BCUT2D eigenvalue weighted by Gasteiger charge is 2.04. The molecule has 25 heavy (non-hydrogen) atoms. The van der Waals surface area contributed by atoms with Crippen molar-refractivity contribution >= 4 is 52.2 Å². The average Bonchev–Trinajstić information content (AvgIpc) is 3.03. The quantitative estimate of drug-likeness (QED) is 0.343. The van der Waals surface area contributed by atoms with E-state index in [9.17, 15) is 0 Å². The molecular formula is C18H22IN5S. The van der Waals surface area contributed by atoms with Crippen molar-refractivity contribution in [2.24, 2.45) is 4.99 Å². The number of aromatic nitrogens is 2. The van der Waals surface area contributed by atoms with E-state index in [2.05, 4.69) is 55.2 Å². The first-order valence-electron chi connectivity index (χ1n) is 7.94. The predicted octanol–water partition coefficient (Wildman–Crippen LogP) is 3.53. The van der Waals surface area contributed by atoms with E-state index in [4.69, 9.17) is 0 Å². The Bertz CT molecular complexity index is 841. The number of hydrogen-bond donors (Lipinski definition) is 2. The second-order valence-electron chi connectivity index (χ2n) is 5.45. The van der Waals surface area contributed by atoms with Crippen molar-refractivity contribution in [2.75, 3.05) is 13.6 Å². The zero-order valence-electron chi connectivity index (χ0n) is 14.3. The maximum absolute atomic E-state index is 4.48. The lowest BCUT2D eigenvalue weighted by Gasteiger charge is -2.12. The summed E-state index contributed by atoms with van der Waals surface area (Å²) in [6.45, 7) is 3.51. The fourth-order valence-corrected chi connectivity index (χ4v) is 3.19. The molecule has 0 aliphatic rings. The van der Waals surface area contributed by atoms with Gasteiger partial charge in [0.2, 0.25) is 0 Å². The van der Waals surface area contributed by atoms with Crippen LogP contribution in [0.25, 0.3) is 10.9 Å². The standard InChI is InChI=1S/C18H21N5S.HI/c1-13-23-16(12-24-13)8-10-21-18(19-2)22-11-15-6-3-5-14-7-4-9-20-17(14)15;/h3-7,9,12H,8,10-11H2,1-2H3,(H2,19,21,22);1H. The summed E-state index contributed by atoms with van der Waals surface area (Å²) in [6, 6.07) is 10.3. The second kappa shape index (κ2) is 9.67. The third kappa shape index (κ3) is 5.37. The number of guanidine groups is 1. The summed E-state index contributed by atoms with van der Waals surface area (Å²) in [5.41, 5.74) is 3.31. The normalized spacial score (nSPS) is 11.2. The van der Waals surface area contributed by atoms with E-state index in [1.54, 1.807) is 18.4 Å². The number of benzene rings is 1. The Morgan fingerprint density at radius 3 is 2.80 bits per heavy atom. The summed E-state index contributed by atoms with van der Waals surface area (Å²) in [5, 5.41) is 11.0. The van der Waals surface area contributed by atoms with E-state index >= 15 is 0 Å². The number of nitrogens with one attached hydrogen (secondary N) is 2. The minimum absolute atomic E-state index is 0. The van der Waals surface area contributed by atoms with Crippen molar-refractivity contribution in [3.63, 3.8) is 0 Å². The Morgan fingerprint density at radius 1 is 1.20 bits per heavy atom. The molecule has 0 fully saturated rings. The Balaban J connectivity index is 0.00000225. The van der Waals surface area contributed by atoms with Crippen molar-refractivity contribution in [3.8, 4) is 0 Å². The number of hydrogen-bond acceptors (Lipinski definition) is 4. The number of thiazole rings is 1. The molecule has 7 heteroatoms. The topological polar surface area (TPSA) is 62.2 Å². The summed E-state index contributed by atoms with van der Waals surface area (Å²) in [5.74, 6) is 0.787. The molecule has 2 aromatic heterocycles. The van der Waals surface area contributed by atoms with E-state index in [1.165, 1.54) is 0 Å². The van der Waals surface area contributed by atoms with Crippen LogP contribution in [0.15, 0.2) is 46.9 Å². The highest BCUT2D eigenvalue weighted by atomic mass is 127. The first-order valence-corrected chi connectivity index (χ1v) is 8.82. The molecule has 0 spiro atoms. The Labute approximate surface area is 169 Å². The molecule has 0 unspecified atom stereocenters. The van der Waals surface area contributed by atoms with Gasteiger partial charge in [0.25, 0.3) is 0 Å². The van der Waals surface area contributed by atoms with Crippen LogP contribution in [-0.4, -0.2) is 29.5 Å². The smallest absolute Gasteiger partial charge is 0.191 e. The summed E-state index contributed by atoms with van der Waals surface area (Å²) in [7, 11) is 1.78. The highest BCUT2D eigenvalue weighted by molar-refractivity contribution is 14.0. The molecule has 5 nitrogen and oxygen atoms in total. The zero-order valence-corrected chi connectivity index (χ0v) is 17.5.